The lowest BCUT2D eigenvalue weighted by Crippen LogP contribution is -2.39. The summed E-state index contributed by atoms with van der Waals surface area (Å²) < 4.78 is 22.6. The molecule has 8 heteroatoms. The average molecular weight is 509 g/mol. The van der Waals surface area contributed by atoms with Gasteiger partial charge in [-0.2, -0.15) is 0 Å². The molecule has 0 fully saturated rings. The second-order valence-corrected chi connectivity index (χ2v) is 8.24. The highest BCUT2D eigenvalue weighted by molar-refractivity contribution is 7.80. The molecule has 7 nitrogen and oxygen atoms in total. The summed E-state index contributed by atoms with van der Waals surface area (Å²) in [6.07, 6.45) is 2.04. The molecule has 0 aliphatic carbocycles. The standard InChI is InChI=1S/C28H32N2O5S/c1-3-4-16-34-25-15-14-21(19-26(25)32-2)20-29-28(36)30-27(31)23-12-8-9-13-24(23)35-18-17-33-22-10-6-5-7-11-22/h5-15,19H,3-4,16-18,20H2,1-2H3,(H2,29,30,31,36). The number of ether oxygens (including phenoxy) is 4. The minimum absolute atomic E-state index is 0.212. The molecule has 0 aromatic heterocycles. The number of hydrogen-bond donors (Lipinski definition) is 2. The monoisotopic (exact) mass is 508 g/mol. The molecule has 0 saturated heterocycles. The smallest absolute Gasteiger partial charge is 0.261 e. The second kappa shape index (κ2) is 14.6. The molecule has 1 amide bonds. The highest BCUT2D eigenvalue weighted by Crippen LogP contribution is 2.28. The van der Waals surface area contributed by atoms with Gasteiger partial charge in [-0.3, -0.25) is 10.1 Å². The van der Waals surface area contributed by atoms with Gasteiger partial charge in [0.1, 0.15) is 24.7 Å². The zero-order valence-corrected chi connectivity index (χ0v) is 21.4. The van der Waals surface area contributed by atoms with E-state index >= 15 is 0 Å². The molecular weight excluding hydrogens is 476 g/mol. The van der Waals surface area contributed by atoms with Crippen LogP contribution in [-0.4, -0.2) is 38.0 Å². The fourth-order valence-electron chi connectivity index (χ4n) is 3.27. The molecule has 2 N–H and O–H groups in total. The lowest BCUT2D eigenvalue weighted by molar-refractivity contribution is 0.0971. The van der Waals surface area contributed by atoms with Crippen molar-refractivity contribution in [2.24, 2.45) is 0 Å². The summed E-state index contributed by atoms with van der Waals surface area (Å²) in [4.78, 5) is 12.8. The van der Waals surface area contributed by atoms with Crippen molar-refractivity contribution in [2.75, 3.05) is 26.9 Å². The van der Waals surface area contributed by atoms with Crippen molar-refractivity contribution in [2.45, 2.75) is 26.3 Å². The predicted molar refractivity (Wildman–Crippen MR) is 144 cm³/mol. The minimum atomic E-state index is -0.357. The van der Waals surface area contributed by atoms with Gasteiger partial charge in [0.15, 0.2) is 16.6 Å². The normalized spacial score (nSPS) is 10.3. The van der Waals surface area contributed by atoms with Crippen molar-refractivity contribution >= 4 is 23.2 Å². The Balaban J connectivity index is 1.49. The molecule has 0 saturated carbocycles. The van der Waals surface area contributed by atoms with Crippen LogP contribution in [0.15, 0.2) is 72.8 Å². The van der Waals surface area contributed by atoms with Gasteiger partial charge < -0.3 is 24.3 Å². The third-order valence-corrected chi connectivity index (χ3v) is 5.39. The topological polar surface area (TPSA) is 78.1 Å². The SMILES string of the molecule is CCCCOc1ccc(CNC(=S)NC(=O)c2ccccc2OCCOc2ccccc2)cc1OC. The Morgan fingerprint density at radius 3 is 2.33 bits per heavy atom. The van der Waals surface area contributed by atoms with Gasteiger partial charge in [0.25, 0.3) is 5.91 Å². The number of hydrogen-bond acceptors (Lipinski definition) is 6. The maximum absolute atomic E-state index is 12.8. The molecule has 0 aliphatic rings. The van der Waals surface area contributed by atoms with Gasteiger partial charge >= 0.3 is 0 Å². The second-order valence-electron chi connectivity index (χ2n) is 7.83. The third-order valence-electron chi connectivity index (χ3n) is 5.15. The van der Waals surface area contributed by atoms with Crippen molar-refractivity contribution in [1.82, 2.24) is 10.6 Å². The fraction of sp³-hybridized carbons (Fsp3) is 0.286. The van der Waals surface area contributed by atoms with E-state index in [-0.39, 0.29) is 11.0 Å². The van der Waals surface area contributed by atoms with Crippen LogP contribution < -0.4 is 29.6 Å². The number of nitrogens with one attached hydrogen (secondary N) is 2. The van der Waals surface area contributed by atoms with E-state index in [4.69, 9.17) is 31.2 Å². The predicted octanol–water partition coefficient (Wildman–Crippen LogP) is 5.14. The van der Waals surface area contributed by atoms with E-state index in [1.165, 1.54) is 0 Å². The van der Waals surface area contributed by atoms with E-state index in [9.17, 15) is 4.79 Å². The number of unbranched alkanes of at least 4 members (excludes halogenated alkanes) is 1. The van der Waals surface area contributed by atoms with Crippen LogP contribution in [0.5, 0.6) is 23.0 Å². The molecule has 0 atom stereocenters. The van der Waals surface area contributed by atoms with Crippen molar-refractivity contribution in [3.8, 4) is 23.0 Å². The molecule has 190 valence electrons. The number of benzene rings is 3. The summed E-state index contributed by atoms with van der Waals surface area (Å²) in [7, 11) is 1.61. The zero-order valence-electron chi connectivity index (χ0n) is 20.6. The minimum Gasteiger partial charge on any atom is -0.493 e. The van der Waals surface area contributed by atoms with E-state index < -0.39 is 0 Å². The quantitative estimate of drug-likeness (QED) is 0.245. The highest BCUT2D eigenvalue weighted by Gasteiger charge is 2.14. The van der Waals surface area contributed by atoms with Crippen LogP contribution in [-0.2, 0) is 6.54 Å². The van der Waals surface area contributed by atoms with Crippen molar-refractivity contribution < 1.29 is 23.7 Å². The van der Waals surface area contributed by atoms with Crippen molar-refractivity contribution in [1.29, 1.82) is 0 Å². The van der Waals surface area contributed by atoms with Crippen LogP contribution >= 0.6 is 12.2 Å². The maximum atomic E-state index is 12.8. The molecule has 3 rings (SSSR count). The molecule has 0 aliphatic heterocycles. The lowest BCUT2D eigenvalue weighted by atomic mass is 10.2. The molecule has 0 spiro atoms. The Hall–Kier alpha value is -3.78. The largest absolute Gasteiger partial charge is 0.493 e. The molecule has 0 bridgehead atoms. The number of para-hydroxylation sites is 2. The lowest BCUT2D eigenvalue weighted by Gasteiger charge is -2.14. The zero-order chi connectivity index (χ0) is 25.6. The molecule has 0 heterocycles. The van der Waals surface area contributed by atoms with Gasteiger partial charge in [0, 0.05) is 6.54 Å². The summed E-state index contributed by atoms with van der Waals surface area (Å²) in [5.74, 6) is 2.22. The summed E-state index contributed by atoms with van der Waals surface area (Å²) >= 11 is 5.33. The molecule has 3 aromatic carbocycles. The number of methoxy groups -OCH3 is 1. The van der Waals surface area contributed by atoms with Crippen LogP contribution in [0.4, 0.5) is 0 Å². The fourth-order valence-corrected chi connectivity index (χ4v) is 3.44. The first-order valence-electron chi connectivity index (χ1n) is 11.9. The van der Waals surface area contributed by atoms with Crippen molar-refractivity contribution in [3.63, 3.8) is 0 Å². The van der Waals surface area contributed by atoms with Crippen molar-refractivity contribution in [3.05, 3.63) is 83.9 Å². The summed E-state index contributed by atoms with van der Waals surface area (Å²) in [6, 6.07) is 22.2. The summed E-state index contributed by atoms with van der Waals surface area (Å²) in [6.45, 7) is 3.82. The molecule has 0 unspecified atom stereocenters. The number of carbonyl (C=O) groups excluding carboxylic acids is 1. The average Bonchev–Trinajstić information content (AvgIpc) is 2.91. The van der Waals surface area contributed by atoms with E-state index in [1.807, 2.05) is 54.6 Å². The van der Waals surface area contributed by atoms with Crippen LogP contribution in [0, 0.1) is 0 Å². The first-order valence-corrected chi connectivity index (χ1v) is 12.3. The first-order chi connectivity index (χ1) is 17.6. The third kappa shape index (κ3) is 8.46. The van der Waals surface area contributed by atoms with Gasteiger partial charge in [-0.05, 0) is 60.6 Å². The summed E-state index contributed by atoms with van der Waals surface area (Å²) in [5, 5.41) is 5.98. The van der Waals surface area contributed by atoms with Gasteiger partial charge in [-0.1, -0.05) is 49.7 Å². The van der Waals surface area contributed by atoms with Crippen LogP contribution in [0.3, 0.4) is 0 Å². The maximum Gasteiger partial charge on any atom is 0.261 e. The Labute approximate surface area is 217 Å². The Bertz CT molecular complexity index is 1120. The van der Waals surface area contributed by atoms with Gasteiger partial charge in [-0.25, -0.2) is 0 Å². The van der Waals surface area contributed by atoms with Crippen LogP contribution in [0.1, 0.15) is 35.7 Å². The number of thiocarbonyl (C=S) groups is 1. The molecule has 3 aromatic rings. The Morgan fingerprint density at radius 2 is 1.56 bits per heavy atom. The Morgan fingerprint density at radius 1 is 0.833 bits per heavy atom. The first kappa shape index (κ1) is 26.8. The summed E-state index contributed by atoms with van der Waals surface area (Å²) in [5.41, 5.74) is 1.32. The number of rotatable bonds is 13. The Kier molecular flexibility index (Phi) is 10.9. The molecule has 36 heavy (non-hydrogen) atoms. The van der Waals surface area contributed by atoms with Crippen LogP contribution in [0.2, 0.25) is 0 Å². The van der Waals surface area contributed by atoms with Gasteiger partial charge in [-0.15, -0.1) is 0 Å². The van der Waals surface area contributed by atoms with Gasteiger partial charge in [0.05, 0.1) is 19.3 Å². The number of carbonyl (C=O) groups is 1. The highest BCUT2D eigenvalue weighted by atomic mass is 32.1. The van der Waals surface area contributed by atoms with E-state index in [1.54, 1.807) is 25.3 Å². The molecular formula is C28H32N2O5S. The number of amides is 1. The van der Waals surface area contributed by atoms with Crippen LogP contribution in [0.25, 0.3) is 0 Å². The van der Waals surface area contributed by atoms with E-state index in [0.717, 1.165) is 24.2 Å². The van der Waals surface area contributed by atoms with E-state index in [2.05, 4.69) is 17.6 Å². The van der Waals surface area contributed by atoms with Gasteiger partial charge in [0.2, 0.25) is 0 Å². The molecule has 0 radical (unpaired) electrons. The van der Waals surface area contributed by atoms with E-state index in [0.29, 0.717) is 49.2 Å².